The van der Waals surface area contributed by atoms with E-state index in [1.807, 2.05) is 31.2 Å². The van der Waals surface area contributed by atoms with Gasteiger partial charge >= 0.3 is 5.97 Å². The molecule has 1 aromatic carbocycles. The number of rotatable bonds is 4. The summed E-state index contributed by atoms with van der Waals surface area (Å²) in [6.45, 7) is 4.90. The number of carbonyl (C=O) groups excluding carboxylic acids is 2. The molecule has 1 heterocycles. The number of likely N-dealkylation sites (tertiary alicyclic amines) is 1. The lowest BCUT2D eigenvalue weighted by molar-refractivity contribution is -0.150. The van der Waals surface area contributed by atoms with E-state index in [0.29, 0.717) is 31.7 Å². The number of aryl methyl sites for hydroxylation is 1. The van der Waals surface area contributed by atoms with Gasteiger partial charge in [-0.15, -0.1) is 0 Å². The second-order valence-electron chi connectivity index (χ2n) is 5.70. The minimum atomic E-state index is -0.530. The summed E-state index contributed by atoms with van der Waals surface area (Å²) in [6.07, 6.45) is 0.767. The molecule has 1 aromatic rings. The van der Waals surface area contributed by atoms with Gasteiger partial charge in [-0.05, 0) is 38.8 Å². The summed E-state index contributed by atoms with van der Waals surface area (Å²) in [6, 6.07) is 7.63. The number of hydrogen-bond donors (Lipinski definition) is 0. The Hall–Kier alpha value is -2.04. The minimum absolute atomic E-state index is 0.0381. The number of ether oxygens (including phenoxy) is 2. The fourth-order valence-corrected chi connectivity index (χ4v) is 2.63. The lowest BCUT2D eigenvalue weighted by Crippen LogP contribution is -2.45. The summed E-state index contributed by atoms with van der Waals surface area (Å²) in [5.41, 5.74) is 1.15. The number of amides is 1. The Morgan fingerprint density at radius 1 is 1.18 bits per heavy atom. The number of hydrogen-bond acceptors (Lipinski definition) is 4. The van der Waals surface area contributed by atoms with Crippen molar-refractivity contribution in [1.82, 2.24) is 4.90 Å². The van der Waals surface area contributed by atoms with Crippen molar-refractivity contribution in [2.45, 2.75) is 32.8 Å². The first kappa shape index (κ1) is 16.3. The monoisotopic (exact) mass is 305 g/mol. The molecule has 1 aliphatic heterocycles. The Balaban J connectivity index is 1.86. The largest absolute Gasteiger partial charge is 0.481 e. The number of methoxy groups -OCH3 is 1. The van der Waals surface area contributed by atoms with Crippen molar-refractivity contribution in [1.29, 1.82) is 0 Å². The summed E-state index contributed by atoms with van der Waals surface area (Å²) >= 11 is 0. The zero-order chi connectivity index (χ0) is 16.1. The Labute approximate surface area is 131 Å². The van der Waals surface area contributed by atoms with Crippen LogP contribution in [-0.4, -0.2) is 43.1 Å². The van der Waals surface area contributed by atoms with E-state index in [0.717, 1.165) is 5.56 Å². The lowest BCUT2D eigenvalue weighted by Gasteiger charge is -2.32. The summed E-state index contributed by atoms with van der Waals surface area (Å²) < 4.78 is 10.5. The highest BCUT2D eigenvalue weighted by Crippen LogP contribution is 2.20. The van der Waals surface area contributed by atoms with Crippen molar-refractivity contribution in [2.24, 2.45) is 5.92 Å². The van der Waals surface area contributed by atoms with E-state index in [4.69, 9.17) is 9.47 Å². The maximum atomic E-state index is 12.4. The molecule has 0 aliphatic carbocycles. The van der Waals surface area contributed by atoms with Crippen LogP contribution in [0, 0.1) is 12.8 Å². The van der Waals surface area contributed by atoms with Gasteiger partial charge in [0, 0.05) is 13.1 Å². The molecule has 0 radical (unpaired) electrons. The van der Waals surface area contributed by atoms with Crippen molar-refractivity contribution in [3.8, 4) is 5.75 Å². The zero-order valence-corrected chi connectivity index (χ0v) is 13.4. The molecule has 0 aromatic heterocycles. The quantitative estimate of drug-likeness (QED) is 0.800. The van der Waals surface area contributed by atoms with Crippen LogP contribution in [0.25, 0.3) is 0 Å². The average molecular weight is 305 g/mol. The molecular weight excluding hydrogens is 282 g/mol. The average Bonchev–Trinajstić information content (AvgIpc) is 2.55. The third-order valence-corrected chi connectivity index (χ3v) is 4.02. The van der Waals surface area contributed by atoms with Crippen LogP contribution in [0.1, 0.15) is 25.3 Å². The fraction of sp³-hybridized carbons (Fsp3) is 0.529. The molecular formula is C17H23NO4. The molecule has 0 N–H and O–H groups in total. The van der Waals surface area contributed by atoms with Gasteiger partial charge in [0.1, 0.15) is 5.75 Å². The molecule has 22 heavy (non-hydrogen) atoms. The van der Waals surface area contributed by atoms with Gasteiger partial charge in [-0.25, -0.2) is 0 Å². The van der Waals surface area contributed by atoms with E-state index in [1.165, 1.54) is 7.11 Å². The van der Waals surface area contributed by atoms with Gasteiger partial charge < -0.3 is 14.4 Å². The third-order valence-electron chi connectivity index (χ3n) is 4.02. The Morgan fingerprint density at radius 2 is 1.77 bits per heavy atom. The SMILES string of the molecule is COC(=O)C1CCN(C(=O)[C@H](C)Oc2ccc(C)cc2)CC1. The molecule has 0 bridgehead atoms. The molecule has 5 heteroatoms. The number of nitrogens with zero attached hydrogens (tertiary/aromatic N) is 1. The van der Waals surface area contributed by atoms with Crippen LogP contribution in [-0.2, 0) is 14.3 Å². The van der Waals surface area contributed by atoms with Crippen molar-refractivity contribution in [3.63, 3.8) is 0 Å². The molecule has 2 rings (SSSR count). The molecule has 1 atom stereocenters. The number of carbonyl (C=O) groups is 2. The smallest absolute Gasteiger partial charge is 0.308 e. The maximum absolute atomic E-state index is 12.4. The van der Waals surface area contributed by atoms with Crippen molar-refractivity contribution < 1.29 is 19.1 Å². The minimum Gasteiger partial charge on any atom is -0.481 e. The highest BCUT2D eigenvalue weighted by atomic mass is 16.5. The van der Waals surface area contributed by atoms with Gasteiger partial charge in [-0.3, -0.25) is 9.59 Å². The van der Waals surface area contributed by atoms with E-state index in [-0.39, 0.29) is 17.8 Å². The fourth-order valence-electron chi connectivity index (χ4n) is 2.63. The van der Waals surface area contributed by atoms with Crippen LogP contribution in [0.15, 0.2) is 24.3 Å². The number of piperidine rings is 1. The molecule has 5 nitrogen and oxygen atoms in total. The molecule has 1 fully saturated rings. The predicted molar refractivity (Wildman–Crippen MR) is 82.6 cm³/mol. The van der Waals surface area contributed by atoms with E-state index < -0.39 is 6.10 Å². The van der Waals surface area contributed by atoms with Crippen LogP contribution in [0.5, 0.6) is 5.75 Å². The molecule has 0 spiro atoms. The van der Waals surface area contributed by atoms with Gasteiger partial charge in [0.2, 0.25) is 0 Å². The highest BCUT2D eigenvalue weighted by molar-refractivity contribution is 5.81. The molecule has 1 aliphatic rings. The first-order valence-corrected chi connectivity index (χ1v) is 7.61. The summed E-state index contributed by atoms with van der Waals surface area (Å²) in [5, 5.41) is 0. The van der Waals surface area contributed by atoms with E-state index >= 15 is 0 Å². The maximum Gasteiger partial charge on any atom is 0.308 e. The highest BCUT2D eigenvalue weighted by Gasteiger charge is 2.30. The van der Waals surface area contributed by atoms with Gasteiger partial charge in [0.15, 0.2) is 6.10 Å². The van der Waals surface area contributed by atoms with Crippen LogP contribution < -0.4 is 4.74 Å². The van der Waals surface area contributed by atoms with Crippen LogP contribution in [0.3, 0.4) is 0 Å². The molecule has 0 unspecified atom stereocenters. The van der Waals surface area contributed by atoms with Crippen LogP contribution in [0.4, 0.5) is 0 Å². The van der Waals surface area contributed by atoms with Crippen molar-refractivity contribution in [3.05, 3.63) is 29.8 Å². The van der Waals surface area contributed by atoms with Crippen molar-refractivity contribution in [2.75, 3.05) is 20.2 Å². The number of esters is 1. The van der Waals surface area contributed by atoms with Gasteiger partial charge in [-0.2, -0.15) is 0 Å². The first-order chi connectivity index (χ1) is 10.5. The molecule has 1 amide bonds. The van der Waals surface area contributed by atoms with Crippen LogP contribution in [0.2, 0.25) is 0 Å². The summed E-state index contributed by atoms with van der Waals surface area (Å²) in [7, 11) is 1.40. The normalized spacial score (nSPS) is 17.0. The second kappa shape index (κ2) is 7.29. The van der Waals surface area contributed by atoms with E-state index in [9.17, 15) is 9.59 Å². The molecule has 1 saturated heterocycles. The lowest BCUT2D eigenvalue weighted by atomic mass is 9.97. The summed E-state index contributed by atoms with van der Waals surface area (Å²) in [4.78, 5) is 25.7. The van der Waals surface area contributed by atoms with Crippen LogP contribution >= 0.6 is 0 Å². The van der Waals surface area contributed by atoms with Gasteiger partial charge in [0.05, 0.1) is 13.0 Å². The third kappa shape index (κ3) is 4.00. The Bertz CT molecular complexity index is 518. The Kier molecular flexibility index (Phi) is 5.41. The Morgan fingerprint density at radius 3 is 2.32 bits per heavy atom. The summed E-state index contributed by atoms with van der Waals surface area (Å²) in [5.74, 6) is 0.373. The molecule has 120 valence electrons. The van der Waals surface area contributed by atoms with Crippen molar-refractivity contribution >= 4 is 11.9 Å². The zero-order valence-electron chi connectivity index (χ0n) is 13.4. The predicted octanol–water partition coefficient (Wildman–Crippen LogP) is 2.17. The van der Waals surface area contributed by atoms with Gasteiger partial charge in [0.25, 0.3) is 5.91 Å². The van der Waals surface area contributed by atoms with E-state index in [1.54, 1.807) is 11.8 Å². The number of benzene rings is 1. The molecule has 0 saturated carbocycles. The standard InChI is InChI=1S/C17H23NO4/c1-12-4-6-15(7-5-12)22-13(2)16(19)18-10-8-14(9-11-18)17(20)21-3/h4-7,13-14H,8-11H2,1-3H3/t13-/m0/s1. The second-order valence-corrected chi connectivity index (χ2v) is 5.70. The first-order valence-electron chi connectivity index (χ1n) is 7.61. The van der Waals surface area contributed by atoms with E-state index in [2.05, 4.69) is 0 Å². The topological polar surface area (TPSA) is 55.8 Å². The van der Waals surface area contributed by atoms with Gasteiger partial charge in [-0.1, -0.05) is 17.7 Å².